The number of aromatic hydroxyl groups is 2. The summed E-state index contributed by atoms with van der Waals surface area (Å²) in [5, 5.41) is 18.8. The van der Waals surface area contributed by atoms with Crippen molar-refractivity contribution in [2.75, 3.05) is 0 Å². The average Bonchev–Trinajstić information content (AvgIpc) is 2.41. The highest BCUT2D eigenvalue weighted by atomic mass is 16.7. The van der Waals surface area contributed by atoms with E-state index < -0.39 is 29.2 Å². The van der Waals surface area contributed by atoms with Crippen LogP contribution in [0.4, 0.5) is 0 Å². The number of ether oxygens (including phenoxy) is 2. The number of rotatable bonds is 5. The van der Waals surface area contributed by atoms with Crippen molar-refractivity contribution in [3.05, 3.63) is 23.8 Å². The minimum absolute atomic E-state index is 0.0691. The van der Waals surface area contributed by atoms with Gasteiger partial charge in [-0.15, -0.1) is 0 Å². The highest BCUT2D eigenvalue weighted by molar-refractivity contribution is 5.81. The minimum Gasteiger partial charge on any atom is -0.504 e. The summed E-state index contributed by atoms with van der Waals surface area (Å²) in [5.74, 6) is -1.80. The van der Waals surface area contributed by atoms with Gasteiger partial charge in [-0.3, -0.25) is 4.79 Å². The first kappa shape index (κ1) is 19.8. The maximum atomic E-state index is 12.2. The molecule has 24 heavy (non-hydrogen) atoms. The van der Waals surface area contributed by atoms with Crippen molar-refractivity contribution in [1.29, 1.82) is 0 Å². The predicted molar refractivity (Wildman–Crippen MR) is 87.2 cm³/mol. The van der Waals surface area contributed by atoms with Gasteiger partial charge in [0.1, 0.15) is 5.54 Å². The minimum atomic E-state index is -1.40. The maximum Gasteiger partial charge on any atom is 0.329 e. The molecule has 7 heteroatoms. The van der Waals surface area contributed by atoms with Crippen LogP contribution in [0.25, 0.3) is 0 Å². The number of phenols is 2. The number of carbonyl (C=O) groups is 2. The molecule has 134 valence electrons. The van der Waals surface area contributed by atoms with Gasteiger partial charge in [-0.05, 0) is 45.4 Å². The van der Waals surface area contributed by atoms with Gasteiger partial charge in [0.15, 0.2) is 11.5 Å². The molecule has 0 radical (unpaired) electrons. The molecule has 0 saturated heterocycles. The van der Waals surface area contributed by atoms with E-state index in [1.165, 1.54) is 32.0 Å². The number of hydrogen-bond donors (Lipinski definition) is 3. The molecule has 0 bridgehead atoms. The number of hydrogen-bond acceptors (Lipinski definition) is 7. The van der Waals surface area contributed by atoms with Gasteiger partial charge < -0.3 is 25.4 Å². The zero-order chi connectivity index (χ0) is 18.7. The van der Waals surface area contributed by atoms with Crippen LogP contribution in [0.2, 0.25) is 0 Å². The molecule has 1 rings (SSSR count). The molecular weight excluding hydrogens is 314 g/mol. The van der Waals surface area contributed by atoms with Gasteiger partial charge in [-0.2, -0.15) is 0 Å². The van der Waals surface area contributed by atoms with Crippen molar-refractivity contribution in [2.24, 2.45) is 11.1 Å². The summed E-state index contributed by atoms with van der Waals surface area (Å²) in [6, 6.07) is 4.16. The van der Waals surface area contributed by atoms with Crippen molar-refractivity contribution in [3.8, 4) is 11.5 Å². The van der Waals surface area contributed by atoms with Crippen LogP contribution < -0.4 is 5.73 Å². The number of carbonyl (C=O) groups excluding carboxylic acids is 2. The van der Waals surface area contributed by atoms with Gasteiger partial charge in [-0.1, -0.05) is 6.07 Å². The third-order valence-electron chi connectivity index (χ3n) is 3.24. The molecule has 0 aromatic heterocycles. The van der Waals surface area contributed by atoms with E-state index in [0.717, 1.165) is 0 Å². The zero-order valence-corrected chi connectivity index (χ0v) is 14.6. The van der Waals surface area contributed by atoms with Crippen molar-refractivity contribution in [1.82, 2.24) is 0 Å². The quantitative estimate of drug-likeness (QED) is 0.425. The van der Waals surface area contributed by atoms with Crippen LogP contribution in [0.1, 0.15) is 40.2 Å². The Hall–Kier alpha value is -2.28. The lowest BCUT2D eigenvalue weighted by atomic mass is 9.94. The highest BCUT2D eigenvalue weighted by Gasteiger charge is 2.33. The molecule has 1 unspecified atom stereocenters. The van der Waals surface area contributed by atoms with Gasteiger partial charge in [0.2, 0.25) is 6.29 Å². The lowest BCUT2D eigenvalue weighted by molar-refractivity contribution is -0.193. The first-order valence-electron chi connectivity index (χ1n) is 7.55. The van der Waals surface area contributed by atoms with Crippen LogP contribution in [0, 0.1) is 5.41 Å². The molecule has 0 aliphatic rings. The van der Waals surface area contributed by atoms with Crippen molar-refractivity contribution in [3.63, 3.8) is 0 Å². The van der Waals surface area contributed by atoms with Gasteiger partial charge >= 0.3 is 11.9 Å². The van der Waals surface area contributed by atoms with E-state index in [9.17, 15) is 19.8 Å². The monoisotopic (exact) mass is 339 g/mol. The topological polar surface area (TPSA) is 119 Å². The van der Waals surface area contributed by atoms with E-state index in [1.807, 2.05) is 0 Å². The second-order valence-electron chi connectivity index (χ2n) is 7.05. The van der Waals surface area contributed by atoms with Gasteiger partial charge in [0, 0.05) is 13.3 Å². The fraction of sp³-hybridized carbons (Fsp3) is 0.529. The molecule has 0 fully saturated rings. The van der Waals surface area contributed by atoms with E-state index >= 15 is 0 Å². The molecule has 1 aromatic carbocycles. The Morgan fingerprint density at radius 2 is 1.62 bits per heavy atom. The van der Waals surface area contributed by atoms with Crippen LogP contribution >= 0.6 is 0 Å². The number of phenolic OH excluding ortho intramolecular Hbond substituents is 2. The first-order chi connectivity index (χ1) is 10.8. The number of nitrogens with two attached hydrogens (primary N) is 1. The molecule has 0 spiro atoms. The summed E-state index contributed by atoms with van der Waals surface area (Å²) >= 11 is 0. The molecule has 2 atom stereocenters. The van der Waals surface area contributed by atoms with E-state index in [4.69, 9.17) is 15.2 Å². The smallest absolute Gasteiger partial charge is 0.329 e. The number of esters is 2. The summed E-state index contributed by atoms with van der Waals surface area (Å²) in [5.41, 5.74) is 4.42. The highest BCUT2D eigenvalue weighted by Crippen LogP contribution is 2.26. The lowest BCUT2D eigenvalue weighted by Crippen LogP contribution is -2.49. The molecule has 4 N–H and O–H groups in total. The zero-order valence-electron chi connectivity index (χ0n) is 14.6. The SMILES string of the molecule is C[C@@H](OC(=O)C(C)(C)C)OC(=O)C(C)(N)Cc1ccc(O)c(O)c1. The number of benzene rings is 1. The summed E-state index contributed by atoms with van der Waals surface area (Å²) in [6.07, 6.45) is -1.00. The van der Waals surface area contributed by atoms with E-state index in [1.54, 1.807) is 20.8 Å². The third-order valence-corrected chi connectivity index (χ3v) is 3.24. The second kappa shape index (κ2) is 7.09. The van der Waals surface area contributed by atoms with E-state index in [-0.39, 0.29) is 17.9 Å². The Morgan fingerprint density at radius 1 is 1.08 bits per heavy atom. The fourth-order valence-corrected chi connectivity index (χ4v) is 1.81. The Balaban J connectivity index is 2.70. The normalized spacial score (nSPS) is 15.2. The molecule has 0 aliphatic carbocycles. The van der Waals surface area contributed by atoms with Gasteiger partial charge in [0.05, 0.1) is 5.41 Å². The van der Waals surface area contributed by atoms with E-state index in [0.29, 0.717) is 5.56 Å². The maximum absolute atomic E-state index is 12.2. The molecule has 0 heterocycles. The molecule has 0 saturated carbocycles. The molecule has 0 aliphatic heterocycles. The third kappa shape index (κ3) is 5.42. The van der Waals surface area contributed by atoms with Gasteiger partial charge in [-0.25, -0.2) is 4.79 Å². The lowest BCUT2D eigenvalue weighted by Gasteiger charge is -2.26. The van der Waals surface area contributed by atoms with Crippen LogP contribution in [0.15, 0.2) is 18.2 Å². The van der Waals surface area contributed by atoms with Crippen LogP contribution in [-0.4, -0.2) is 34.0 Å². The van der Waals surface area contributed by atoms with Crippen molar-refractivity contribution < 1.29 is 29.3 Å². The summed E-state index contributed by atoms with van der Waals surface area (Å²) < 4.78 is 10.1. The van der Waals surface area contributed by atoms with Crippen molar-refractivity contribution >= 4 is 11.9 Å². The Morgan fingerprint density at radius 3 is 2.12 bits per heavy atom. The van der Waals surface area contributed by atoms with Crippen LogP contribution in [0.5, 0.6) is 11.5 Å². The first-order valence-corrected chi connectivity index (χ1v) is 7.55. The summed E-state index contributed by atoms with van der Waals surface area (Å²) in [7, 11) is 0. The summed E-state index contributed by atoms with van der Waals surface area (Å²) in [6.45, 7) is 7.97. The Labute approximate surface area is 141 Å². The molecule has 0 amide bonds. The van der Waals surface area contributed by atoms with E-state index in [2.05, 4.69) is 0 Å². The Kier molecular flexibility index (Phi) is 5.84. The Bertz CT molecular complexity index is 618. The largest absolute Gasteiger partial charge is 0.504 e. The summed E-state index contributed by atoms with van der Waals surface area (Å²) in [4.78, 5) is 24.0. The van der Waals surface area contributed by atoms with Crippen LogP contribution in [-0.2, 0) is 25.5 Å². The standard InChI is InChI=1S/C17H25NO6/c1-10(23-14(21)16(2,3)4)24-15(22)17(5,18)9-11-6-7-12(19)13(20)8-11/h6-8,10,19-20H,9,18H2,1-5H3/t10-,17?/m0/s1. The second-order valence-corrected chi connectivity index (χ2v) is 7.05. The van der Waals surface area contributed by atoms with Crippen molar-refractivity contribution in [2.45, 2.75) is 52.9 Å². The van der Waals surface area contributed by atoms with Crippen LogP contribution in [0.3, 0.4) is 0 Å². The fourth-order valence-electron chi connectivity index (χ4n) is 1.81. The predicted octanol–water partition coefficient (Wildman–Crippen LogP) is 1.84. The molecular formula is C17H25NO6. The average molecular weight is 339 g/mol. The van der Waals surface area contributed by atoms with Gasteiger partial charge in [0.25, 0.3) is 0 Å². The molecule has 7 nitrogen and oxygen atoms in total. The molecule has 1 aromatic rings.